The van der Waals surface area contributed by atoms with Crippen LogP contribution in [0.25, 0.3) is 0 Å². The van der Waals surface area contributed by atoms with Crippen molar-refractivity contribution in [3.63, 3.8) is 0 Å². The van der Waals surface area contributed by atoms with E-state index in [0.29, 0.717) is 0 Å². The number of methoxy groups -OCH3 is 1. The fourth-order valence-electron chi connectivity index (χ4n) is 0. The molecule has 0 radical (unpaired) electrons. The molecular weight excluding hydrogens is 64.0 g/mol. The smallest absolute Gasteiger partial charge is 0.198 e. The van der Waals surface area contributed by atoms with E-state index in [2.05, 4.69) is 4.74 Å². The number of hydrogen-bond donors (Lipinski definition) is 0. The summed E-state index contributed by atoms with van der Waals surface area (Å²) >= 11 is 0. The van der Waals surface area contributed by atoms with Crippen molar-refractivity contribution in [2.75, 3.05) is 7.11 Å². The molecule has 0 aromatic rings. The molecule has 0 heterocycles. The van der Waals surface area contributed by atoms with Gasteiger partial charge in [0.25, 0.3) is 0 Å². The molecule has 0 aromatic carbocycles. The molecule has 0 atom stereocenters. The molecule has 0 bridgehead atoms. The Morgan fingerprint density at radius 3 is 1.60 bits per heavy atom. The van der Waals surface area contributed by atoms with E-state index in [1.807, 2.05) is 13.8 Å². The molecule has 0 saturated carbocycles. The van der Waals surface area contributed by atoms with Gasteiger partial charge in [-0.05, 0) is 0 Å². The maximum atomic E-state index is 4.67. The summed E-state index contributed by atoms with van der Waals surface area (Å²) in [5.74, 6) is 0. The Balaban J connectivity index is 2.54. The highest BCUT2D eigenvalue weighted by Gasteiger charge is 1.95. The molecule has 0 aliphatic rings. The van der Waals surface area contributed by atoms with Gasteiger partial charge in [0.2, 0.25) is 6.10 Å². The summed E-state index contributed by atoms with van der Waals surface area (Å²) in [7, 11) is 1.66. The standard InChI is InChI=1S/C4H9O/c1-4(2)5-3/h1-3H3/q+1. The molecule has 0 aromatic heterocycles. The lowest BCUT2D eigenvalue weighted by Gasteiger charge is -1.78. The zero-order valence-corrected chi connectivity index (χ0v) is 3.91. The van der Waals surface area contributed by atoms with Crippen molar-refractivity contribution in [3.05, 3.63) is 6.10 Å². The van der Waals surface area contributed by atoms with Crippen molar-refractivity contribution < 1.29 is 4.74 Å². The van der Waals surface area contributed by atoms with Crippen LogP contribution in [0.4, 0.5) is 0 Å². The highest BCUT2D eigenvalue weighted by molar-refractivity contribution is 4.56. The van der Waals surface area contributed by atoms with Gasteiger partial charge in [-0.15, -0.1) is 0 Å². The number of ether oxygens (including phenoxy) is 1. The average molecular weight is 73.1 g/mol. The summed E-state index contributed by atoms with van der Waals surface area (Å²) in [6.45, 7) is 3.83. The van der Waals surface area contributed by atoms with Crippen LogP contribution in [-0.4, -0.2) is 7.11 Å². The minimum absolute atomic E-state index is 1.00. The molecular formula is C4H9O+. The van der Waals surface area contributed by atoms with Crippen LogP contribution in [0.15, 0.2) is 0 Å². The normalized spacial score (nSPS) is 7.80. The summed E-state index contributed by atoms with van der Waals surface area (Å²) in [6, 6.07) is 0. The van der Waals surface area contributed by atoms with Crippen molar-refractivity contribution in [2.45, 2.75) is 13.8 Å². The van der Waals surface area contributed by atoms with E-state index < -0.39 is 0 Å². The Morgan fingerprint density at radius 1 is 1.40 bits per heavy atom. The van der Waals surface area contributed by atoms with Gasteiger partial charge in [0.15, 0.2) is 0 Å². The monoisotopic (exact) mass is 73.1 g/mol. The molecule has 30 valence electrons. The van der Waals surface area contributed by atoms with Crippen LogP contribution in [0, 0.1) is 6.10 Å². The molecule has 0 spiro atoms. The Kier molecular flexibility index (Phi) is 2.02. The Labute approximate surface area is 32.9 Å². The van der Waals surface area contributed by atoms with Crippen molar-refractivity contribution in [1.82, 2.24) is 0 Å². The van der Waals surface area contributed by atoms with Gasteiger partial charge < -0.3 is 0 Å². The first-order valence-electron chi connectivity index (χ1n) is 1.61. The van der Waals surface area contributed by atoms with Gasteiger partial charge in [0.05, 0.1) is 7.11 Å². The molecule has 0 N–H and O–H groups in total. The van der Waals surface area contributed by atoms with Crippen LogP contribution in [-0.2, 0) is 4.74 Å². The predicted octanol–water partition coefficient (Wildman–Crippen LogP) is 1.20. The van der Waals surface area contributed by atoms with Crippen molar-refractivity contribution in [2.24, 2.45) is 0 Å². The second-order valence-electron chi connectivity index (χ2n) is 1.11. The molecule has 0 saturated heterocycles. The van der Waals surface area contributed by atoms with E-state index in [0.717, 1.165) is 6.10 Å². The minimum Gasteiger partial charge on any atom is -0.198 e. The fraction of sp³-hybridized carbons (Fsp3) is 0.750. The zero-order valence-electron chi connectivity index (χ0n) is 3.91. The van der Waals surface area contributed by atoms with E-state index in [9.17, 15) is 0 Å². The molecule has 0 unspecified atom stereocenters. The molecule has 5 heavy (non-hydrogen) atoms. The lowest BCUT2D eigenvalue weighted by Crippen LogP contribution is -1.82. The zero-order chi connectivity index (χ0) is 4.28. The summed E-state index contributed by atoms with van der Waals surface area (Å²) in [5, 5.41) is 0. The summed E-state index contributed by atoms with van der Waals surface area (Å²) in [5.41, 5.74) is 0. The number of rotatable bonds is 1. The third kappa shape index (κ3) is 3.83. The fourth-order valence-corrected chi connectivity index (χ4v) is 0. The van der Waals surface area contributed by atoms with Crippen molar-refractivity contribution >= 4 is 0 Å². The molecule has 0 fully saturated rings. The first kappa shape index (κ1) is 4.83. The second kappa shape index (κ2) is 2.09. The van der Waals surface area contributed by atoms with Crippen LogP contribution >= 0.6 is 0 Å². The third-order valence-corrected chi connectivity index (χ3v) is 0.408. The highest BCUT2D eigenvalue weighted by atomic mass is 16.5. The Bertz CT molecular complexity index is 17.6. The minimum atomic E-state index is 1.00. The maximum Gasteiger partial charge on any atom is 0.234 e. The summed E-state index contributed by atoms with van der Waals surface area (Å²) in [6.07, 6.45) is 1.00. The van der Waals surface area contributed by atoms with Crippen LogP contribution in [0.3, 0.4) is 0 Å². The van der Waals surface area contributed by atoms with E-state index in [-0.39, 0.29) is 0 Å². The van der Waals surface area contributed by atoms with Crippen LogP contribution < -0.4 is 0 Å². The van der Waals surface area contributed by atoms with Crippen molar-refractivity contribution in [1.29, 1.82) is 0 Å². The van der Waals surface area contributed by atoms with Gasteiger partial charge in [-0.1, -0.05) is 0 Å². The number of hydrogen-bond acceptors (Lipinski definition) is 1. The first-order valence-corrected chi connectivity index (χ1v) is 1.61. The molecule has 0 amide bonds. The van der Waals surface area contributed by atoms with E-state index in [1.54, 1.807) is 7.11 Å². The van der Waals surface area contributed by atoms with Crippen molar-refractivity contribution in [3.8, 4) is 0 Å². The first-order chi connectivity index (χ1) is 2.27. The summed E-state index contributed by atoms with van der Waals surface area (Å²) < 4.78 is 4.67. The Morgan fingerprint density at radius 2 is 1.60 bits per heavy atom. The highest BCUT2D eigenvalue weighted by Crippen LogP contribution is 1.90. The Hall–Kier alpha value is -0.170. The van der Waals surface area contributed by atoms with Gasteiger partial charge >= 0.3 is 0 Å². The quantitative estimate of drug-likeness (QED) is 0.424. The van der Waals surface area contributed by atoms with Crippen LogP contribution in [0.5, 0.6) is 0 Å². The van der Waals surface area contributed by atoms with E-state index >= 15 is 0 Å². The van der Waals surface area contributed by atoms with E-state index in [4.69, 9.17) is 0 Å². The summed E-state index contributed by atoms with van der Waals surface area (Å²) in [4.78, 5) is 0. The molecule has 0 rings (SSSR count). The SMILES string of the molecule is CO[C+](C)C. The topological polar surface area (TPSA) is 9.23 Å². The maximum absolute atomic E-state index is 4.67. The third-order valence-electron chi connectivity index (χ3n) is 0.408. The molecule has 1 nitrogen and oxygen atoms in total. The van der Waals surface area contributed by atoms with Gasteiger partial charge in [0.1, 0.15) is 13.8 Å². The van der Waals surface area contributed by atoms with Gasteiger partial charge in [-0.25, -0.2) is 0 Å². The lowest BCUT2D eigenvalue weighted by molar-refractivity contribution is 0.224. The van der Waals surface area contributed by atoms with Gasteiger partial charge in [-0.2, -0.15) is 4.74 Å². The van der Waals surface area contributed by atoms with Crippen LogP contribution in [0.1, 0.15) is 13.8 Å². The van der Waals surface area contributed by atoms with E-state index in [1.165, 1.54) is 0 Å². The van der Waals surface area contributed by atoms with Gasteiger partial charge in [0, 0.05) is 0 Å². The largest absolute Gasteiger partial charge is 0.234 e. The van der Waals surface area contributed by atoms with Gasteiger partial charge in [-0.3, -0.25) is 0 Å². The molecule has 0 aliphatic carbocycles. The average Bonchev–Trinajstić information content (AvgIpc) is 1.38. The molecule has 0 aliphatic heterocycles. The van der Waals surface area contributed by atoms with Crippen LogP contribution in [0.2, 0.25) is 0 Å². The second-order valence-corrected chi connectivity index (χ2v) is 1.11. The predicted molar refractivity (Wildman–Crippen MR) is 21.6 cm³/mol. The lowest BCUT2D eigenvalue weighted by atomic mass is 10.5. The molecule has 1 heteroatoms.